The Hall–Kier alpha value is -2.47. The first-order valence-electron chi connectivity index (χ1n) is 15.9. The molecule has 5 rings (SSSR count). The Balaban J connectivity index is 1.33. The number of fused-ring (bicyclic) bond motifs is 2. The van der Waals surface area contributed by atoms with Crippen LogP contribution in [-0.4, -0.2) is 5.54 Å². The highest BCUT2D eigenvalue weighted by molar-refractivity contribution is 6.30. The molecule has 1 fully saturated rings. The van der Waals surface area contributed by atoms with Crippen molar-refractivity contribution in [3.8, 4) is 0 Å². The van der Waals surface area contributed by atoms with Gasteiger partial charge in [-0.1, -0.05) is 79.6 Å². The number of rotatable bonds is 9. The number of allylic oxidation sites excluding steroid dienone is 4. The van der Waals surface area contributed by atoms with Gasteiger partial charge in [-0.15, -0.1) is 5.73 Å². The summed E-state index contributed by atoms with van der Waals surface area (Å²) in [6, 6.07) is 17.6. The maximum Gasteiger partial charge on any atom is 0.0659 e. The van der Waals surface area contributed by atoms with Crippen molar-refractivity contribution < 1.29 is 0 Å². The summed E-state index contributed by atoms with van der Waals surface area (Å²) in [5.41, 5.74) is 12.4. The lowest BCUT2D eigenvalue weighted by atomic mass is 9.58. The van der Waals surface area contributed by atoms with Gasteiger partial charge in [0.1, 0.15) is 0 Å². The summed E-state index contributed by atoms with van der Waals surface area (Å²) < 4.78 is 0. The summed E-state index contributed by atoms with van der Waals surface area (Å²) in [7, 11) is 0. The Morgan fingerprint density at radius 1 is 1.05 bits per heavy atom. The van der Waals surface area contributed by atoms with Crippen LogP contribution in [0.1, 0.15) is 108 Å². The van der Waals surface area contributed by atoms with Crippen molar-refractivity contribution in [2.45, 2.75) is 115 Å². The van der Waals surface area contributed by atoms with Crippen molar-refractivity contribution in [3.63, 3.8) is 0 Å². The van der Waals surface area contributed by atoms with Gasteiger partial charge < -0.3 is 5.32 Å². The van der Waals surface area contributed by atoms with Crippen molar-refractivity contribution in [2.75, 3.05) is 5.32 Å². The number of hydrogen-bond donors (Lipinski definition) is 1. The van der Waals surface area contributed by atoms with Gasteiger partial charge in [0.05, 0.1) is 5.54 Å². The predicted molar refractivity (Wildman–Crippen MR) is 173 cm³/mol. The third-order valence-corrected chi connectivity index (χ3v) is 10.7. The number of nitrogens with one attached hydrogen (secondary N) is 1. The average molecular weight is 554 g/mol. The molecule has 3 aliphatic rings. The van der Waals surface area contributed by atoms with E-state index in [1.54, 1.807) is 22.3 Å². The number of anilines is 1. The standard InChI is InChI=1S/C38H48ClN/c1-4-32(5-2)38(40-35-21-14-20-34(39)28-35)25-23-37(24-26-38)33(27-31-18-11-13-22-36(31)37)19-12-10-17-30-16-9-7-6-8-15-29(30)3/h9,11,13-14,16,18,20-22,28,33,40H,1,5-8,10,12,15,17,19,23-27H2,2-3H3/b16-9-,30-29-. The zero-order valence-electron chi connectivity index (χ0n) is 24.8. The third kappa shape index (κ3) is 6.07. The lowest BCUT2D eigenvalue weighted by Gasteiger charge is -2.49. The molecule has 40 heavy (non-hydrogen) atoms. The molecule has 2 aromatic carbocycles. The predicted octanol–water partition coefficient (Wildman–Crippen LogP) is 11.3. The zero-order valence-corrected chi connectivity index (χ0v) is 25.6. The largest absolute Gasteiger partial charge is 0.375 e. The molecule has 1 saturated carbocycles. The van der Waals surface area contributed by atoms with E-state index in [1.807, 2.05) is 12.1 Å². The average Bonchev–Trinajstić information content (AvgIpc) is 3.25. The highest BCUT2D eigenvalue weighted by atomic mass is 35.5. The highest BCUT2D eigenvalue weighted by Crippen LogP contribution is 2.57. The highest BCUT2D eigenvalue weighted by Gasteiger charge is 2.51. The van der Waals surface area contributed by atoms with Crippen molar-refractivity contribution in [1.82, 2.24) is 0 Å². The van der Waals surface area contributed by atoms with Crippen molar-refractivity contribution >= 4 is 17.3 Å². The lowest BCUT2D eigenvalue weighted by Crippen LogP contribution is -2.49. The summed E-state index contributed by atoms with van der Waals surface area (Å²) in [5.74, 6) is 0.731. The van der Waals surface area contributed by atoms with Crippen LogP contribution < -0.4 is 5.32 Å². The molecule has 1 unspecified atom stereocenters. The van der Waals surface area contributed by atoms with Gasteiger partial charge in [-0.3, -0.25) is 0 Å². The van der Waals surface area contributed by atoms with E-state index in [2.05, 4.69) is 80.0 Å². The second kappa shape index (κ2) is 13.0. The summed E-state index contributed by atoms with van der Waals surface area (Å²) in [6.07, 6.45) is 22.1. The SMILES string of the molecule is C=C=C(CC)C1(Nc2cccc(Cl)c2)CCC2(CC1)c1ccccc1CC2CCCCC1=C(/C)CCCC/C=C\1. The van der Waals surface area contributed by atoms with Gasteiger partial charge in [0.2, 0.25) is 0 Å². The van der Waals surface area contributed by atoms with Crippen LogP contribution in [0.2, 0.25) is 5.02 Å². The van der Waals surface area contributed by atoms with Crippen LogP contribution in [0, 0.1) is 5.92 Å². The lowest BCUT2D eigenvalue weighted by molar-refractivity contribution is 0.164. The molecule has 2 heteroatoms. The van der Waals surface area contributed by atoms with Crippen molar-refractivity contribution in [1.29, 1.82) is 0 Å². The summed E-state index contributed by atoms with van der Waals surface area (Å²) in [6.45, 7) is 8.73. The minimum Gasteiger partial charge on any atom is -0.375 e. The normalized spacial score (nSPS) is 28.8. The Bertz CT molecular complexity index is 1280. The Labute approximate surface area is 248 Å². The minimum atomic E-state index is -0.108. The first kappa shape index (κ1) is 29.0. The van der Waals surface area contributed by atoms with Crippen LogP contribution in [0.15, 0.2) is 89.7 Å². The number of benzene rings is 2. The molecule has 0 saturated heterocycles. The van der Waals surface area contributed by atoms with E-state index in [0.717, 1.165) is 35.9 Å². The maximum atomic E-state index is 6.38. The first-order chi connectivity index (χ1) is 19.5. The molecule has 1 atom stereocenters. The molecule has 0 aromatic heterocycles. The number of halogens is 1. The van der Waals surface area contributed by atoms with E-state index in [-0.39, 0.29) is 11.0 Å². The van der Waals surface area contributed by atoms with E-state index >= 15 is 0 Å². The van der Waals surface area contributed by atoms with Crippen LogP contribution in [0.5, 0.6) is 0 Å². The number of unbranched alkanes of at least 4 members (excludes halogenated alkanes) is 1. The molecule has 0 heterocycles. The zero-order chi connectivity index (χ0) is 28.0. The Morgan fingerprint density at radius 3 is 2.65 bits per heavy atom. The number of hydrogen-bond acceptors (Lipinski definition) is 1. The van der Waals surface area contributed by atoms with Gasteiger partial charge in [0.15, 0.2) is 0 Å². The van der Waals surface area contributed by atoms with Gasteiger partial charge in [-0.05, 0) is 142 Å². The van der Waals surface area contributed by atoms with E-state index in [1.165, 1.54) is 76.2 Å². The molecule has 1 nitrogen and oxygen atoms in total. The second-order valence-corrected chi connectivity index (χ2v) is 13.1. The van der Waals surface area contributed by atoms with Crippen LogP contribution in [0.25, 0.3) is 0 Å². The third-order valence-electron chi connectivity index (χ3n) is 10.4. The van der Waals surface area contributed by atoms with E-state index in [4.69, 9.17) is 11.6 Å². The Kier molecular flexibility index (Phi) is 9.45. The maximum absolute atomic E-state index is 6.38. The van der Waals surface area contributed by atoms with E-state index < -0.39 is 0 Å². The quantitative estimate of drug-likeness (QED) is 0.240. The molecule has 0 bridgehead atoms. The van der Waals surface area contributed by atoms with Gasteiger partial charge in [0.25, 0.3) is 0 Å². The smallest absolute Gasteiger partial charge is 0.0659 e. The molecule has 2 aromatic rings. The van der Waals surface area contributed by atoms with Gasteiger partial charge in [-0.2, -0.15) is 0 Å². The molecule has 0 amide bonds. The molecular weight excluding hydrogens is 506 g/mol. The summed E-state index contributed by atoms with van der Waals surface area (Å²) in [5, 5.41) is 4.73. The van der Waals surface area contributed by atoms with Crippen LogP contribution in [0.4, 0.5) is 5.69 Å². The summed E-state index contributed by atoms with van der Waals surface area (Å²) >= 11 is 6.38. The van der Waals surface area contributed by atoms with Crippen LogP contribution in [0.3, 0.4) is 0 Å². The molecule has 0 aliphatic heterocycles. The molecular formula is C38H48ClN. The molecule has 1 spiro atoms. The van der Waals surface area contributed by atoms with Gasteiger partial charge >= 0.3 is 0 Å². The van der Waals surface area contributed by atoms with Crippen molar-refractivity contribution in [2.24, 2.45) is 5.92 Å². The van der Waals surface area contributed by atoms with Crippen molar-refractivity contribution in [3.05, 3.63) is 106 Å². The van der Waals surface area contributed by atoms with E-state index in [0.29, 0.717) is 0 Å². The fourth-order valence-electron chi connectivity index (χ4n) is 8.20. The van der Waals surface area contributed by atoms with Gasteiger partial charge in [-0.25, -0.2) is 0 Å². The Morgan fingerprint density at radius 2 is 1.88 bits per heavy atom. The summed E-state index contributed by atoms with van der Waals surface area (Å²) in [4.78, 5) is 0. The van der Waals surface area contributed by atoms with Gasteiger partial charge in [0, 0.05) is 10.7 Å². The monoisotopic (exact) mass is 553 g/mol. The fraction of sp³-hybridized carbons (Fsp3) is 0.500. The van der Waals surface area contributed by atoms with E-state index in [9.17, 15) is 0 Å². The molecule has 3 aliphatic carbocycles. The second-order valence-electron chi connectivity index (χ2n) is 12.6. The minimum absolute atomic E-state index is 0.108. The molecule has 0 radical (unpaired) electrons. The topological polar surface area (TPSA) is 12.0 Å². The fourth-order valence-corrected chi connectivity index (χ4v) is 8.39. The van der Waals surface area contributed by atoms with Crippen LogP contribution in [-0.2, 0) is 11.8 Å². The first-order valence-corrected chi connectivity index (χ1v) is 16.2. The molecule has 212 valence electrons. The molecule has 1 N–H and O–H groups in total. The van der Waals surface area contributed by atoms with Crippen LogP contribution >= 0.6 is 11.6 Å².